The van der Waals surface area contributed by atoms with Crippen LogP contribution in [-0.4, -0.2) is 33.9 Å². The van der Waals surface area contributed by atoms with Crippen molar-refractivity contribution in [1.29, 1.82) is 0 Å². The monoisotopic (exact) mass is 532 g/mol. The summed E-state index contributed by atoms with van der Waals surface area (Å²) < 4.78 is 7.09. The van der Waals surface area contributed by atoms with Gasteiger partial charge in [-0.3, -0.25) is 9.69 Å². The van der Waals surface area contributed by atoms with Gasteiger partial charge in [-0.05, 0) is 89.1 Å². The second-order valence-corrected chi connectivity index (χ2v) is 9.43. The molecule has 0 spiro atoms. The SMILES string of the molecule is CN1C(=S)N(C2CCCCC2)C(=O)/C1=C/c1ccc(OCc2ccc(I)cc2)cc1. The van der Waals surface area contributed by atoms with Gasteiger partial charge in [0.1, 0.15) is 18.1 Å². The van der Waals surface area contributed by atoms with Crippen LogP contribution in [-0.2, 0) is 11.4 Å². The second-order valence-electron chi connectivity index (χ2n) is 7.82. The van der Waals surface area contributed by atoms with Crippen molar-refractivity contribution in [2.24, 2.45) is 0 Å². The van der Waals surface area contributed by atoms with Gasteiger partial charge in [0, 0.05) is 16.7 Å². The van der Waals surface area contributed by atoms with Gasteiger partial charge in [-0.2, -0.15) is 0 Å². The van der Waals surface area contributed by atoms with Crippen molar-refractivity contribution in [3.05, 3.63) is 68.9 Å². The predicted octanol–water partition coefficient (Wildman–Crippen LogP) is 5.60. The quantitative estimate of drug-likeness (QED) is 0.285. The van der Waals surface area contributed by atoms with E-state index in [2.05, 4.69) is 46.9 Å². The zero-order chi connectivity index (χ0) is 21.1. The summed E-state index contributed by atoms with van der Waals surface area (Å²) in [5.74, 6) is 0.828. The number of benzene rings is 2. The lowest BCUT2D eigenvalue weighted by Gasteiger charge is -2.30. The Morgan fingerprint density at radius 3 is 2.40 bits per heavy atom. The Morgan fingerprint density at radius 2 is 1.73 bits per heavy atom. The lowest BCUT2D eigenvalue weighted by atomic mass is 9.94. The highest BCUT2D eigenvalue weighted by atomic mass is 127. The molecule has 0 unspecified atom stereocenters. The van der Waals surface area contributed by atoms with Crippen molar-refractivity contribution in [2.75, 3.05) is 7.05 Å². The Hall–Kier alpha value is -1.93. The van der Waals surface area contributed by atoms with Crippen molar-refractivity contribution in [3.63, 3.8) is 0 Å². The molecule has 0 aromatic heterocycles. The zero-order valence-electron chi connectivity index (χ0n) is 17.0. The van der Waals surface area contributed by atoms with Crippen molar-refractivity contribution >= 4 is 51.9 Å². The number of carbonyl (C=O) groups is 1. The molecule has 1 amide bonds. The first-order valence-electron chi connectivity index (χ1n) is 10.3. The van der Waals surface area contributed by atoms with E-state index in [1.807, 2.05) is 47.2 Å². The van der Waals surface area contributed by atoms with Crippen LogP contribution in [0.25, 0.3) is 6.08 Å². The molecule has 2 aliphatic rings. The summed E-state index contributed by atoms with van der Waals surface area (Å²) in [4.78, 5) is 16.8. The van der Waals surface area contributed by atoms with Gasteiger partial charge in [-0.15, -0.1) is 0 Å². The van der Waals surface area contributed by atoms with E-state index in [1.54, 1.807) is 0 Å². The van der Waals surface area contributed by atoms with Crippen LogP contribution in [0.4, 0.5) is 0 Å². The first-order chi connectivity index (χ1) is 14.5. The van der Waals surface area contributed by atoms with Gasteiger partial charge in [-0.25, -0.2) is 0 Å². The average molecular weight is 532 g/mol. The molecule has 4 nitrogen and oxygen atoms in total. The fourth-order valence-electron chi connectivity index (χ4n) is 4.00. The molecular weight excluding hydrogens is 507 g/mol. The standard InChI is InChI=1S/C24H25IN2O2S/c1-26-22(23(28)27(24(26)30)20-5-3-2-4-6-20)15-17-9-13-21(14-10-17)29-16-18-7-11-19(25)12-8-18/h7-15,20H,2-6,16H2,1H3/b22-15-. The van der Waals surface area contributed by atoms with E-state index in [-0.39, 0.29) is 11.9 Å². The summed E-state index contributed by atoms with van der Waals surface area (Å²) in [7, 11) is 1.88. The number of likely N-dealkylation sites (N-methyl/N-ethyl adjacent to an activating group) is 1. The first-order valence-corrected chi connectivity index (χ1v) is 11.8. The van der Waals surface area contributed by atoms with Gasteiger partial charge in [0.05, 0.1) is 0 Å². The van der Waals surface area contributed by atoms with Gasteiger partial charge in [0.15, 0.2) is 5.11 Å². The van der Waals surface area contributed by atoms with Crippen LogP contribution in [0, 0.1) is 3.57 Å². The molecule has 1 heterocycles. The molecule has 2 fully saturated rings. The number of nitrogens with zero attached hydrogens (tertiary/aromatic N) is 2. The molecule has 156 valence electrons. The molecule has 1 aliphatic carbocycles. The third-order valence-electron chi connectivity index (χ3n) is 5.73. The minimum Gasteiger partial charge on any atom is -0.489 e. The van der Waals surface area contributed by atoms with Crippen molar-refractivity contribution < 1.29 is 9.53 Å². The smallest absolute Gasteiger partial charge is 0.277 e. The highest BCUT2D eigenvalue weighted by Gasteiger charge is 2.40. The van der Waals surface area contributed by atoms with Crippen molar-refractivity contribution in [2.45, 2.75) is 44.8 Å². The summed E-state index contributed by atoms with van der Waals surface area (Å²) in [5.41, 5.74) is 2.73. The molecule has 0 radical (unpaired) electrons. The minimum atomic E-state index is 0.0217. The van der Waals surface area contributed by atoms with Gasteiger partial charge in [0.25, 0.3) is 5.91 Å². The van der Waals surface area contributed by atoms with Gasteiger partial charge in [-0.1, -0.05) is 43.5 Å². The first kappa shape index (κ1) is 21.3. The highest BCUT2D eigenvalue weighted by Crippen LogP contribution is 2.30. The third-order valence-corrected chi connectivity index (χ3v) is 6.92. The third kappa shape index (κ3) is 4.70. The maximum atomic E-state index is 13.1. The number of amides is 1. The second kappa shape index (κ2) is 9.47. The van der Waals surface area contributed by atoms with E-state index in [9.17, 15) is 4.79 Å². The average Bonchev–Trinajstić information content (AvgIpc) is 2.98. The van der Waals surface area contributed by atoms with Gasteiger partial charge >= 0.3 is 0 Å². The molecule has 6 heteroatoms. The Kier molecular flexibility index (Phi) is 6.73. The number of hydrogen-bond acceptors (Lipinski definition) is 3. The van der Waals surface area contributed by atoms with Crippen LogP contribution < -0.4 is 4.74 Å². The summed E-state index contributed by atoms with van der Waals surface area (Å²) in [6.07, 6.45) is 7.59. The van der Waals surface area contributed by atoms with Crippen molar-refractivity contribution in [1.82, 2.24) is 9.80 Å². The predicted molar refractivity (Wildman–Crippen MR) is 132 cm³/mol. The van der Waals surface area contributed by atoms with E-state index in [0.29, 0.717) is 17.4 Å². The Morgan fingerprint density at radius 1 is 1.07 bits per heavy atom. The number of ether oxygens (including phenoxy) is 1. The summed E-state index contributed by atoms with van der Waals surface area (Å²) in [6.45, 7) is 0.531. The summed E-state index contributed by atoms with van der Waals surface area (Å²) in [5, 5.41) is 0.621. The van der Waals surface area contributed by atoms with Crippen LogP contribution in [0.5, 0.6) is 5.75 Å². The Bertz CT molecular complexity index is 950. The number of carbonyl (C=O) groups excluding carboxylic acids is 1. The lowest BCUT2D eigenvalue weighted by molar-refractivity contribution is -0.124. The maximum Gasteiger partial charge on any atom is 0.277 e. The van der Waals surface area contributed by atoms with Crippen LogP contribution in [0.3, 0.4) is 0 Å². The normalized spacial score (nSPS) is 19.1. The minimum absolute atomic E-state index is 0.0217. The Balaban J connectivity index is 1.44. The molecule has 2 aromatic carbocycles. The molecule has 30 heavy (non-hydrogen) atoms. The topological polar surface area (TPSA) is 32.8 Å². The number of rotatable bonds is 5. The number of thiocarbonyl (C=S) groups is 1. The largest absolute Gasteiger partial charge is 0.489 e. The van der Waals surface area contributed by atoms with Crippen LogP contribution >= 0.6 is 34.8 Å². The van der Waals surface area contributed by atoms with Crippen LogP contribution in [0.1, 0.15) is 43.2 Å². The number of halogens is 1. The molecule has 4 rings (SSSR count). The van der Waals surface area contributed by atoms with E-state index < -0.39 is 0 Å². The molecule has 1 saturated carbocycles. The molecular formula is C24H25IN2O2S. The molecule has 0 N–H and O–H groups in total. The van der Waals surface area contributed by atoms with E-state index in [0.717, 1.165) is 29.7 Å². The molecule has 0 bridgehead atoms. The molecule has 1 aliphatic heterocycles. The molecule has 0 atom stereocenters. The van der Waals surface area contributed by atoms with Crippen LogP contribution in [0.15, 0.2) is 54.2 Å². The summed E-state index contributed by atoms with van der Waals surface area (Å²) in [6, 6.07) is 16.4. The summed E-state index contributed by atoms with van der Waals surface area (Å²) >= 11 is 7.89. The zero-order valence-corrected chi connectivity index (χ0v) is 20.0. The highest BCUT2D eigenvalue weighted by molar-refractivity contribution is 14.1. The lowest BCUT2D eigenvalue weighted by Crippen LogP contribution is -2.41. The number of hydrogen-bond donors (Lipinski definition) is 0. The van der Waals surface area contributed by atoms with Crippen LogP contribution in [0.2, 0.25) is 0 Å². The van der Waals surface area contributed by atoms with Crippen molar-refractivity contribution in [3.8, 4) is 5.75 Å². The van der Waals surface area contributed by atoms with Gasteiger partial charge in [0.2, 0.25) is 0 Å². The fourth-order valence-corrected chi connectivity index (χ4v) is 4.69. The molecule has 1 saturated heterocycles. The molecule has 2 aromatic rings. The van der Waals surface area contributed by atoms with Gasteiger partial charge < -0.3 is 9.64 Å². The Labute approximate surface area is 197 Å². The van der Waals surface area contributed by atoms with E-state index in [4.69, 9.17) is 17.0 Å². The fraction of sp³-hybridized carbons (Fsp3) is 0.333. The maximum absolute atomic E-state index is 13.1. The van der Waals surface area contributed by atoms with E-state index in [1.165, 1.54) is 22.8 Å². The van der Waals surface area contributed by atoms with E-state index >= 15 is 0 Å².